The average molecular weight is 362 g/mol. The van der Waals surface area contributed by atoms with Crippen molar-refractivity contribution in [3.05, 3.63) is 59.8 Å². The zero-order chi connectivity index (χ0) is 18.0. The normalized spacial score (nSPS) is 20.1. The van der Waals surface area contributed by atoms with Crippen molar-refractivity contribution in [2.75, 3.05) is 5.75 Å². The summed E-state index contributed by atoms with van der Waals surface area (Å²) in [4.78, 5) is 27.2. The molecule has 0 radical (unpaired) electrons. The van der Waals surface area contributed by atoms with E-state index >= 15 is 0 Å². The van der Waals surface area contributed by atoms with Gasteiger partial charge in [-0.3, -0.25) is 9.59 Å². The number of benzene rings is 1. The molecule has 1 saturated heterocycles. The van der Waals surface area contributed by atoms with Gasteiger partial charge < -0.3 is 14.6 Å². The van der Waals surface area contributed by atoms with Crippen LogP contribution in [0.5, 0.6) is 0 Å². The average Bonchev–Trinajstić information content (AvgIpc) is 3.23. The molecule has 2 atom stereocenters. The van der Waals surface area contributed by atoms with Crippen molar-refractivity contribution >= 4 is 23.6 Å². The highest BCUT2D eigenvalue weighted by Crippen LogP contribution is 2.42. The molecule has 1 N–H and O–H groups in total. The summed E-state index contributed by atoms with van der Waals surface area (Å²) in [5.41, 5.74) is 1.17. The third-order valence-corrected chi connectivity index (χ3v) is 5.21. The number of carbonyl (C=O) groups is 2. The van der Waals surface area contributed by atoms with Crippen molar-refractivity contribution in [1.29, 1.82) is 0 Å². The molecule has 25 heavy (non-hydrogen) atoms. The summed E-state index contributed by atoms with van der Waals surface area (Å²) >= 11 is 1.51. The van der Waals surface area contributed by atoms with Crippen LogP contribution in [0, 0.1) is 5.82 Å². The third kappa shape index (κ3) is 3.71. The fourth-order valence-electron chi connectivity index (χ4n) is 2.75. The second kappa shape index (κ2) is 7.31. The lowest BCUT2D eigenvalue weighted by molar-refractivity contribution is -0.125. The standard InChI is InChI=1S/C18H19FN2O3S/c1-11(2)20-16(22)15-10-25-18(13-7-8-24-9-13)21(15)17(23)12-3-5-14(19)6-4-12/h3-9,11,15,18H,10H2,1-2H3,(H,20,22). The lowest BCUT2D eigenvalue weighted by Crippen LogP contribution is -2.49. The minimum absolute atomic E-state index is 0.0201. The first-order valence-corrected chi connectivity index (χ1v) is 9.04. The Labute approximate surface area is 149 Å². The molecule has 2 heterocycles. The fraction of sp³-hybridized carbons (Fsp3) is 0.333. The van der Waals surface area contributed by atoms with E-state index in [1.165, 1.54) is 42.3 Å². The number of rotatable bonds is 4. The molecule has 1 aromatic carbocycles. The topological polar surface area (TPSA) is 62.6 Å². The smallest absolute Gasteiger partial charge is 0.255 e. The summed E-state index contributed by atoms with van der Waals surface area (Å²) in [5.74, 6) is -0.418. The van der Waals surface area contributed by atoms with Crippen LogP contribution in [0.15, 0.2) is 47.3 Å². The number of furan rings is 1. The largest absolute Gasteiger partial charge is 0.472 e. The first-order chi connectivity index (χ1) is 12.0. The van der Waals surface area contributed by atoms with Gasteiger partial charge in [-0.15, -0.1) is 11.8 Å². The van der Waals surface area contributed by atoms with Gasteiger partial charge in [0.25, 0.3) is 5.91 Å². The molecule has 0 spiro atoms. The summed E-state index contributed by atoms with van der Waals surface area (Å²) in [6.45, 7) is 3.75. The van der Waals surface area contributed by atoms with Crippen LogP contribution in [0.1, 0.15) is 35.1 Å². The molecule has 2 unspecified atom stereocenters. The lowest BCUT2D eigenvalue weighted by atomic mass is 10.1. The van der Waals surface area contributed by atoms with E-state index in [4.69, 9.17) is 4.42 Å². The first-order valence-electron chi connectivity index (χ1n) is 7.99. The monoisotopic (exact) mass is 362 g/mol. The number of nitrogens with zero attached hydrogens (tertiary/aromatic N) is 1. The Morgan fingerprint density at radius 2 is 2.00 bits per heavy atom. The van der Waals surface area contributed by atoms with E-state index in [2.05, 4.69) is 5.32 Å². The van der Waals surface area contributed by atoms with Crippen molar-refractivity contribution in [3.63, 3.8) is 0 Å². The van der Waals surface area contributed by atoms with Gasteiger partial charge in [-0.1, -0.05) is 0 Å². The van der Waals surface area contributed by atoms with Gasteiger partial charge in [-0.2, -0.15) is 0 Å². The van der Waals surface area contributed by atoms with E-state index in [-0.39, 0.29) is 23.2 Å². The Hall–Kier alpha value is -2.28. The molecule has 2 amide bonds. The van der Waals surface area contributed by atoms with E-state index in [9.17, 15) is 14.0 Å². The Bertz CT molecular complexity index is 746. The summed E-state index contributed by atoms with van der Waals surface area (Å²) in [6, 6.07) is 6.53. The van der Waals surface area contributed by atoms with E-state index in [1.807, 2.05) is 13.8 Å². The van der Waals surface area contributed by atoms with Crippen molar-refractivity contribution in [1.82, 2.24) is 10.2 Å². The molecular formula is C18H19FN2O3S. The van der Waals surface area contributed by atoms with Crippen LogP contribution < -0.4 is 5.32 Å². The van der Waals surface area contributed by atoms with Gasteiger partial charge in [-0.05, 0) is 44.2 Å². The Balaban J connectivity index is 1.92. The number of amides is 2. The van der Waals surface area contributed by atoms with Gasteiger partial charge in [0, 0.05) is 22.9 Å². The van der Waals surface area contributed by atoms with Crippen LogP contribution in [0.3, 0.4) is 0 Å². The van der Waals surface area contributed by atoms with Gasteiger partial charge in [-0.25, -0.2) is 4.39 Å². The molecular weight excluding hydrogens is 343 g/mol. The predicted molar refractivity (Wildman–Crippen MR) is 93.5 cm³/mol. The maximum Gasteiger partial charge on any atom is 0.255 e. The molecule has 0 aliphatic carbocycles. The molecule has 0 bridgehead atoms. The quantitative estimate of drug-likeness (QED) is 0.907. The van der Waals surface area contributed by atoms with E-state index in [0.717, 1.165) is 5.56 Å². The van der Waals surface area contributed by atoms with Crippen LogP contribution in [0.4, 0.5) is 4.39 Å². The highest BCUT2D eigenvalue weighted by molar-refractivity contribution is 7.99. The number of nitrogens with one attached hydrogen (secondary N) is 1. The second-order valence-corrected chi connectivity index (χ2v) is 7.25. The van der Waals surface area contributed by atoms with Crippen LogP contribution in [0.2, 0.25) is 0 Å². The maximum absolute atomic E-state index is 13.2. The Morgan fingerprint density at radius 1 is 1.28 bits per heavy atom. The van der Waals surface area contributed by atoms with E-state index in [0.29, 0.717) is 11.3 Å². The van der Waals surface area contributed by atoms with E-state index in [1.54, 1.807) is 17.2 Å². The summed E-state index contributed by atoms with van der Waals surface area (Å²) in [5, 5.41) is 2.55. The molecule has 2 aromatic rings. The second-order valence-electron chi connectivity index (χ2n) is 6.14. The van der Waals surface area contributed by atoms with Crippen LogP contribution >= 0.6 is 11.8 Å². The molecule has 1 aliphatic rings. The lowest BCUT2D eigenvalue weighted by Gasteiger charge is -2.29. The van der Waals surface area contributed by atoms with Crippen molar-refractivity contribution in [3.8, 4) is 0 Å². The Morgan fingerprint density at radius 3 is 2.60 bits per heavy atom. The summed E-state index contributed by atoms with van der Waals surface area (Å²) < 4.78 is 18.3. The molecule has 3 rings (SSSR count). The van der Waals surface area contributed by atoms with Crippen molar-refractivity contribution in [2.24, 2.45) is 0 Å². The number of hydrogen-bond acceptors (Lipinski definition) is 4. The molecule has 1 fully saturated rings. The predicted octanol–water partition coefficient (Wildman–Crippen LogP) is 3.20. The number of halogens is 1. The van der Waals surface area contributed by atoms with Gasteiger partial charge in [0.2, 0.25) is 5.91 Å². The van der Waals surface area contributed by atoms with E-state index < -0.39 is 11.9 Å². The van der Waals surface area contributed by atoms with Crippen molar-refractivity contribution in [2.45, 2.75) is 31.3 Å². The van der Waals surface area contributed by atoms with Gasteiger partial charge in [0.15, 0.2) is 0 Å². The zero-order valence-electron chi connectivity index (χ0n) is 13.9. The van der Waals surface area contributed by atoms with Crippen LogP contribution in [-0.4, -0.2) is 34.6 Å². The fourth-order valence-corrected chi connectivity index (χ4v) is 4.16. The minimum Gasteiger partial charge on any atom is -0.472 e. The number of thioether (sulfide) groups is 1. The van der Waals surface area contributed by atoms with Crippen molar-refractivity contribution < 1.29 is 18.4 Å². The molecule has 5 nitrogen and oxygen atoms in total. The Kier molecular flexibility index (Phi) is 5.13. The van der Waals surface area contributed by atoms with Crippen LogP contribution in [0.25, 0.3) is 0 Å². The van der Waals surface area contributed by atoms with Gasteiger partial charge in [0.05, 0.1) is 12.5 Å². The molecule has 132 valence electrons. The molecule has 7 heteroatoms. The SMILES string of the molecule is CC(C)NC(=O)C1CSC(c2ccoc2)N1C(=O)c1ccc(F)cc1. The summed E-state index contributed by atoms with van der Waals surface area (Å²) in [6.07, 6.45) is 3.11. The van der Waals surface area contributed by atoms with Gasteiger partial charge >= 0.3 is 0 Å². The maximum atomic E-state index is 13.2. The molecule has 1 aliphatic heterocycles. The molecule has 1 aromatic heterocycles. The zero-order valence-corrected chi connectivity index (χ0v) is 14.8. The number of carbonyl (C=O) groups excluding carboxylic acids is 2. The molecule has 0 saturated carbocycles. The van der Waals surface area contributed by atoms with Crippen LogP contribution in [-0.2, 0) is 4.79 Å². The highest BCUT2D eigenvalue weighted by Gasteiger charge is 2.43. The number of hydrogen-bond donors (Lipinski definition) is 1. The van der Waals surface area contributed by atoms with Gasteiger partial charge in [0.1, 0.15) is 17.2 Å². The highest BCUT2D eigenvalue weighted by atomic mass is 32.2. The minimum atomic E-state index is -0.593. The summed E-state index contributed by atoms with van der Waals surface area (Å²) in [7, 11) is 0. The first kappa shape index (κ1) is 17.5. The third-order valence-electron chi connectivity index (χ3n) is 3.89.